The summed E-state index contributed by atoms with van der Waals surface area (Å²) < 4.78 is 5.77. The van der Waals surface area contributed by atoms with Crippen molar-refractivity contribution in [3.63, 3.8) is 0 Å². The SMILES string of the molecule is CC(C)c1cccc(-c2ccc(C(=O)N3CCC(C)(C(=O)O)C3)o2)c1. The predicted octanol–water partition coefficient (Wildman–Crippen LogP) is 4.01. The summed E-state index contributed by atoms with van der Waals surface area (Å²) in [4.78, 5) is 25.5. The Morgan fingerprint density at radius 3 is 2.64 bits per heavy atom. The minimum Gasteiger partial charge on any atom is -0.481 e. The molecule has 0 aliphatic carbocycles. The van der Waals surface area contributed by atoms with Crippen molar-refractivity contribution in [1.82, 2.24) is 4.90 Å². The van der Waals surface area contributed by atoms with Crippen LogP contribution < -0.4 is 0 Å². The lowest BCUT2D eigenvalue weighted by atomic mass is 9.90. The van der Waals surface area contributed by atoms with Crippen LogP contribution in [0.5, 0.6) is 0 Å². The van der Waals surface area contributed by atoms with Gasteiger partial charge in [-0.3, -0.25) is 9.59 Å². The summed E-state index contributed by atoms with van der Waals surface area (Å²) in [6.07, 6.45) is 0.456. The zero-order valence-corrected chi connectivity index (χ0v) is 14.8. The fourth-order valence-electron chi connectivity index (χ4n) is 3.12. The normalized spacial score (nSPS) is 20.2. The molecule has 1 aromatic carbocycles. The number of carbonyl (C=O) groups is 2. The first kappa shape index (κ1) is 17.3. The molecule has 5 nitrogen and oxygen atoms in total. The Morgan fingerprint density at radius 2 is 2.00 bits per heavy atom. The minimum absolute atomic E-state index is 0.208. The molecule has 1 N–H and O–H groups in total. The molecule has 1 unspecified atom stereocenters. The van der Waals surface area contributed by atoms with Gasteiger partial charge in [0.25, 0.3) is 5.91 Å². The maximum absolute atomic E-state index is 12.6. The second-order valence-electron chi connectivity index (χ2n) is 7.29. The van der Waals surface area contributed by atoms with Crippen LogP contribution >= 0.6 is 0 Å². The lowest BCUT2D eigenvalue weighted by Crippen LogP contribution is -2.34. The van der Waals surface area contributed by atoms with Gasteiger partial charge in [-0.15, -0.1) is 0 Å². The van der Waals surface area contributed by atoms with Crippen LogP contribution in [0.15, 0.2) is 40.8 Å². The Balaban J connectivity index is 1.79. The number of nitrogens with zero attached hydrogens (tertiary/aromatic N) is 1. The van der Waals surface area contributed by atoms with Gasteiger partial charge in [0.05, 0.1) is 5.41 Å². The molecule has 0 saturated carbocycles. The van der Waals surface area contributed by atoms with E-state index in [1.165, 1.54) is 5.56 Å². The summed E-state index contributed by atoms with van der Waals surface area (Å²) in [7, 11) is 0. The van der Waals surface area contributed by atoms with Gasteiger partial charge in [0, 0.05) is 18.7 Å². The number of amides is 1. The van der Waals surface area contributed by atoms with Crippen molar-refractivity contribution in [3.05, 3.63) is 47.7 Å². The molecule has 132 valence electrons. The third-order valence-corrected chi connectivity index (χ3v) is 4.93. The van der Waals surface area contributed by atoms with Gasteiger partial charge in [-0.2, -0.15) is 0 Å². The average molecular weight is 341 g/mol. The van der Waals surface area contributed by atoms with E-state index in [4.69, 9.17) is 4.42 Å². The Bertz CT molecular complexity index is 808. The van der Waals surface area contributed by atoms with Crippen LogP contribution in [0.3, 0.4) is 0 Å². The maximum atomic E-state index is 12.6. The number of carbonyl (C=O) groups excluding carboxylic acids is 1. The van der Waals surface area contributed by atoms with Crippen LogP contribution in [0.25, 0.3) is 11.3 Å². The first-order valence-corrected chi connectivity index (χ1v) is 8.53. The van der Waals surface area contributed by atoms with Crippen LogP contribution in [0.2, 0.25) is 0 Å². The van der Waals surface area contributed by atoms with E-state index in [0.29, 0.717) is 24.6 Å². The van der Waals surface area contributed by atoms with Crippen molar-refractivity contribution in [2.24, 2.45) is 5.41 Å². The van der Waals surface area contributed by atoms with Gasteiger partial charge in [-0.05, 0) is 43.0 Å². The standard InChI is InChI=1S/C20H23NO4/c1-13(2)14-5-4-6-15(11-14)16-7-8-17(25-16)18(22)21-10-9-20(3,12-21)19(23)24/h4-8,11,13H,9-10,12H2,1-3H3,(H,23,24). The smallest absolute Gasteiger partial charge is 0.311 e. The molecule has 1 aromatic heterocycles. The number of hydrogen-bond donors (Lipinski definition) is 1. The number of rotatable bonds is 4. The highest BCUT2D eigenvalue weighted by molar-refractivity contribution is 5.93. The third-order valence-electron chi connectivity index (χ3n) is 4.93. The second-order valence-corrected chi connectivity index (χ2v) is 7.29. The molecular formula is C20H23NO4. The van der Waals surface area contributed by atoms with Crippen molar-refractivity contribution >= 4 is 11.9 Å². The summed E-state index contributed by atoms with van der Waals surface area (Å²) in [6.45, 7) is 6.57. The van der Waals surface area contributed by atoms with Crippen molar-refractivity contribution in [1.29, 1.82) is 0 Å². The van der Waals surface area contributed by atoms with Crippen LogP contribution in [-0.4, -0.2) is 35.0 Å². The molecule has 1 aliphatic rings. The molecule has 0 spiro atoms. The topological polar surface area (TPSA) is 70.8 Å². The fraction of sp³-hybridized carbons (Fsp3) is 0.400. The van der Waals surface area contributed by atoms with E-state index in [1.54, 1.807) is 24.0 Å². The second kappa shape index (κ2) is 6.39. The Labute approximate surface area is 147 Å². The zero-order valence-electron chi connectivity index (χ0n) is 14.8. The van der Waals surface area contributed by atoms with Crippen molar-refractivity contribution in [3.8, 4) is 11.3 Å². The minimum atomic E-state index is -0.878. The Kier molecular flexibility index (Phi) is 4.41. The van der Waals surface area contributed by atoms with Crippen LogP contribution in [-0.2, 0) is 4.79 Å². The number of likely N-dealkylation sites (tertiary alicyclic amines) is 1. The molecule has 1 amide bonds. The zero-order chi connectivity index (χ0) is 18.2. The van der Waals surface area contributed by atoms with E-state index in [1.807, 2.05) is 12.1 Å². The highest BCUT2D eigenvalue weighted by Gasteiger charge is 2.42. The largest absolute Gasteiger partial charge is 0.481 e. The summed E-state index contributed by atoms with van der Waals surface area (Å²) >= 11 is 0. The van der Waals surface area contributed by atoms with E-state index >= 15 is 0 Å². The monoisotopic (exact) mass is 341 g/mol. The van der Waals surface area contributed by atoms with Crippen molar-refractivity contribution in [2.75, 3.05) is 13.1 Å². The number of carboxylic acid groups (broad SMARTS) is 1. The van der Waals surface area contributed by atoms with Gasteiger partial charge in [0.1, 0.15) is 5.76 Å². The molecule has 1 saturated heterocycles. The molecule has 25 heavy (non-hydrogen) atoms. The first-order valence-electron chi connectivity index (χ1n) is 8.53. The molecule has 0 radical (unpaired) electrons. The van der Waals surface area contributed by atoms with Gasteiger partial charge in [0.15, 0.2) is 5.76 Å². The maximum Gasteiger partial charge on any atom is 0.311 e. The fourth-order valence-corrected chi connectivity index (χ4v) is 3.12. The lowest BCUT2D eigenvalue weighted by Gasteiger charge is -2.19. The van der Waals surface area contributed by atoms with E-state index in [0.717, 1.165) is 5.56 Å². The molecule has 1 aliphatic heterocycles. The quantitative estimate of drug-likeness (QED) is 0.912. The van der Waals surface area contributed by atoms with Crippen molar-refractivity contribution in [2.45, 2.75) is 33.1 Å². The van der Waals surface area contributed by atoms with Gasteiger partial charge >= 0.3 is 5.97 Å². The molecule has 2 heterocycles. The predicted molar refractivity (Wildman–Crippen MR) is 94.5 cm³/mol. The molecule has 2 aromatic rings. The van der Waals surface area contributed by atoms with E-state index in [9.17, 15) is 14.7 Å². The number of carboxylic acids is 1. The number of benzene rings is 1. The van der Waals surface area contributed by atoms with E-state index in [2.05, 4.69) is 26.0 Å². The first-order chi connectivity index (χ1) is 11.8. The summed E-state index contributed by atoms with van der Waals surface area (Å²) in [5, 5.41) is 9.30. The number of furan rings is 1. The molecule has 1 fully saturated rings. The summed E-state index contributed by atoms with van der Waals surface area (Å²) in [5.41, 5.74) is 1.26. The molecule has 3 rings (SSSR count). The van der Waals surface area contributed by atoms with E-state index in [-0.39, 0.29) is 18.2 Å². The van der Waals surface area contributed by atoms with Crippen LogP contribution in [0.4, 0.5) is 0 Å². The van der Waals surface area contributed by atoms with Gasteiger partial charge in [-0.1, -0.05) is 32.0 Å². The Morgan fingerprint density at radius 1 is 1.24 bits per heavy atom. The van der Waals surface area contributed by atoms with Gasteiger partial charge in [0.2, 0.25) is 0 Å². The Hall–Kier alpha value is -2.56. The van der Waals surface area contributed by atoms with E-state index < -0.39 is 11.4 Å². The molecule has 5 heteroatoms. The summed E-state index contributed by atoms with van der Waals surface area (Å²) in [5.74, 6) is 0.185. The number of aliphatic carboxylic acids is 1. The number of hydrogen-bond acceptors (Lipinski definition) is 3. The molecular weight excluding hydrogens is 318 g/mol. The highest BCUT2D eigenvalue weighted by atomic mass is 16.4. The molecule has 1 atom stereocenters. The van der Waals surface area contributed by atoms with Crippen LogP contribution in [0.1, 0.15) is 49.2 Å². The average Bonchev–Trinajstić information content (AvgIpc) is 3.22. The molecule has 0 bridgehead atoms. The van der Waals surface area contributed by atoms with Gasteiger partial charge in [-0.25, -0.2) is 0 Å². The lowest BCUT2D eigenvalue weighted by molar-refractivity contribution is -0.147. The van der Waals surface area contributed by atoms with Crippen LogP contribution in [0, 0.1) is 5.41 Å². The summed E-state index contributed by atoms with van der Waals surface area (Å²) in [6, 6.07) is 11.5. The van der Waals surface area contributed by atoms with Gasteiger partial charge < -0.3 is 14.4 Å². The van der Waals surface area contributed by atoms with Crippen molar-refractivity contribution < 1.29 is 19.1 Å². The third kappa shape index (κ3) is 3.31. The highest BCUT2D eigenvalue weighted by Crippen LogP contribution is 2.32.